The Bertz CT molecular complexity index is 503. The second kappa shape index (κ2) is 5.67. The molecule has 2 aliphatic heterocycles. The zero-order valence-corrected chi connectivity index (χ0v) is 11.5. The molecule has 20 heavy (non-hydrogen) atoms. The molecule has 2 fully saturated rings. The Morgan fingerprint density at radius 1 is 1.35 bits per heavy atom. The first-order valence-electron chi connectivity index (χ1n) is 7.12. The number of fused-ring (bicyclic) bond motifs is 1. The number of carbonyl (C=O) groups is 1. The summed E-state index contributed by atoms with van der Waals surface area (Å²) in [6.07, 6.45) is 1.69. The Labute approximate surface area is 119 Å². The molecule has 2 heterocycles. The van der Waals surface area contributed by atoms with Gasteiger partial charge in [0.1, 0.15) is 12.4 Å². The molecule has 1 aromatic carbocycles. The van der Waals surface area contributed by atoms with Crippen molar-refractivity contribution in [1.82, 2.24) is 10.2 Å². The summed E-state index contributed by atoms with van der Waals surface area (Å²) in [4.78, 5) is 14.6. The molecule has 106 valence electrons. The molecule has 2 atom stereocenters. The zero-order valence-electron chi connectivity index (χ0n) is 11.5. The van der Waals surface area contributed by atoms with Crippen molar-refractivity contribution >= 4 is 5.91 Å². The van der Waals surface area contributed by atoms with E-state index in [4.69, 9.17) is 4.74 Å². The third-order valence-corrected chi connectivity index (χ3v) is 4.15. The number of nitrogens with zero attached hydrogens (tertiary/aromatic N) is 1. The Morgan fingerprint density at radius 2 is 2.05 bits per heavy atom. The highest BCUT2D eigenvalue weighted by Gasteiger charge is 2.38. The Morgan fingerprint density at radius 3 is 2.75 bits per heavy atom. The molecular weight excluding hydrogens is 252 g/mol. The van der Waals surface area contributed by atoms with E-state index in [-0.39, 0.29) is 5.91 Å². The Hall–Kier alpha value is -1.81. The van der Waals surface area contributed by atoms with Crippen LogP contribution in [0.1, 0.15) is 10.4 Å². The normalized spacial score (nSPS) is 24.5. The van der Waals surface area contributed by atoms with E-state index in [9.17, 15) is 4.79 Å². The lowest BCUT2D eigenvalue weighted by molar-refractivity contribution is 0.0778. The molecule has 0 aliphatic carbocycles. The molecule has 2 aliphatic rings. The highest BCUT2D eigenvalue weighted by atomic mass is 16.5. The average Bonchev–Trinajstić information content (AvgIpc) is 3.06. The van der Waals surface area contributed by atoms with Crippen LogP contribution >= 0.6 is 0 Å². The van der Waals surface area contributed by atoms with Gasteiger partial charge in [-0.25, -0.2) is 0 Å². The molecule has 1 N–H and O–H groups in total. The van der Waals surface area contributed by atoms with Crippen LogP contribution in [-0.4, -0.2) is 43.6 Å². The van der Waals surface area contributed by atoms with Gasteiger partial charge in [-0.3, -0.25) is 4.79 Å². The lowest BCUT2D eigenvalue weighted by atomic mass is 10.0. The van der Waals surface area contributed by atoms with Crippen molar-refractivity contribution in [3.63, 3.8) is 0 Å². The van der Waals surface area contributed by atoms with E-state index in [1.807, 2.05) is 29.2 Å². The summed E-state index contributed by atoms with van der Waals surface area (Å²) >= 11 is 0. The van der Waals surface area contributed by atoms with Crippen LogP contribution in [0.15, 0.2) is 36.9 Å². The highest BCUT2D eigenvalue weighted by molar-refractivity contribution is 5.97. The molecule has 0 spiro atoms. The van der Waals surface area contributed by atoms with Crippen LogP contribution in [0, 0.1) is 11.8 Å². The third kappa shape index (κ3) is 2.43. The van der Waals surface area contributed by atoms with Gasteiger partial charge in [-0.2, -0.15) is 0 Å². The van der Waals surface area contributed by atoms with Gasteiger partial charge in [0.2, 0.25) is 0 Å². The minimum atomic E-state index is 0.0825. The van der Waals surface area contributed by atoms with Crippen LogP contribution < -0.4 is 10.1 Å². The summed E-state index contributed by atoms with van der Waals surface area (Å²) in [5.74, 6) is 1.95. The van der Waals surface area contributed by atoms with Crippen molar-refractivity contribution in [2.45, 2.75) is 0 Å². The molecule has 0 bridgehead atoms. The van der Waals surface area contributed by atoms with Crippen LogP contribution in [0.5, 0.6) is 5.75 Å². The highest BCUT2D eigenvalue weighted by Crippen LogP contribution is 2.29. The fourth-order valence-corrected chi connectivity index (χ4v) is 3.11. The minimum Gasteiger partial charge on any atom is -0.489 e. The van der Waals surface area contributed by atoms with Gasteiger partial charge in [0.05, 0.1) is 5.56 Å². The lowest BCUT2D eigenvalue weighted by Gasteiger charge is -2.19. The van der Waals surface area contributed by atoms with E-state index >= 15 is 0 Å². The summed E-state index contributed by atoms with van der Waals surface area (Å²) < 4.78 is 5.58. The summed E-state index contributed by atoms with van der Waals surface area (Å²) in [5, 5.41) is 3.39. The van der Waals surface area contributed by atoms with Gasteiger partial charge in [0.25, 0.3) is 5.91 Å². The summed E-state index contributed by atoms with van der Waals surface area (Å²) in [7, 11) is 0. The molecule has 0 unspecified atom stereocenters. The maximum absolute atomic E-state index is 12.7. The van der Waals surface area contributed by atoms with Gasteiger partial charge < -0.3 is 15.0 Å². The third-order valence-electron chi connectivity index (χ3n) is 4.15. The number of ether oxygens (including phenoxy) is 1. The average molecular weight is 272 g/mol. The number of benzene rings is 1. The van der Waals surface area contributed by atoms with E-state index in [0.29, 0.717) is 29.8 Å². The number of hydrogen-bond donors (Lipinski definition) is 1. The van der Waals surface area contributed by atoms with Gasteiger partial charge in [-0.1, -0.05) is 24.8 Å². The summed E-state index contributed by atoms with van der Waals surface area (Å²) in [5.41, 5.74) is 0.655. The van der Waals surface area contributed by atoms with E-state index in [1.165, 1.54) is 0 Å². The van der Waals surface area contributed by atoms with Crippen LogP contribution in [0.3, 0.4) is 0 Å². The molecule has 1 aromatic rings. The summed E-state index contributed by atoms with van der Waals surface area (Å²) in [6, 6.07) is 7.45. The predicted octanol–water partition coefficient (Wildman–Crippen LogP) is 1.54. The number of amides is 1. The van der Waals surface area contributed by atoms with Crippen molar-refractivity contribution in [2.75, 3.05) is 32.8 Å². The fraction of sp³-hybridized carbons (Fsp3) is 0.438. The molecule has 1 amide bonds. The SMILES string of the molecule is C=CCOc1ccccc1C(=O)N1C[C@H]2CNC[C@H]2C1. The number of para-hydroxylation sites is 1. The van der Waals surface area contributed by atoms with Crippen molar-refractivity contribution in [1.29, 1.82) is 0 Å². The second-order valence-electron chi connectivity index (χ2n) is 5.48. The van der Waals surface area contributed by atoms with Crippen LogP contribution in [0.4, 0.5) is 0 Å². The molecular formula is C16H20N2O2. The van der Waals surface area contributed by atoms with E-state index in [2.05, 4.69) is 11.9 Å². The van der Waals surface area contributed by atoms with Gasteiger partial charge in [-0.15, -0.1) is 0 Å². The predicted molar refractivity (Wildman–Crippen MR) is 77.9 cm³/mol. The number of rotatable bonds is 4. The number of likely N-dealkylation sites (tertiary alicyclic amines) is 1. The Balaban J connectivity index is 1.75. The van der Waals surface area contributed by atoms with Crippen LogP contribution in [0.25, 0.3) is 0 Å². The molecule has 4 heteroatoms. The first-order valence-corrected chi connectivity index (χ1v) is 7.12. The Kier molecular flexibility index (Phi) is 3.74. The first kappa shape index (κ1) is 13.2. The fourth-order valence-electron chi connectivity index (χ4n) is 3.11. The number of carbonyl (C=O) groups excluding carboxylic acids is 1. The molecule has 4 nitrogen and oxygen atoms in total. The van der Waals surface area contributed by atoms with Crippen LogP contribution in [0.2, 0.25) is 0 Å². The molecule has 0 aromatic heterocycles. The van der Waals surface area contributed by atoms with E-state index in [0.717, 1.165) is 26.2 Å². The summed E-state index contributed by atoms with van der Waals surface area (Å²) in [6.45, 7) is 7.82. The lowest BCUT2D eigenvalue weighted by Crippen LogP contribution is -2.32. The van der Waals surface area contributed by atoms with Gasteiger partial charge in [-0.05, 0) is 24.0 Å². The molecule has 0 saturated carbocycles. The maximum Gasteiger partial charge on any atom is 0.257 e. The quantitative estimate of drug-likeness (QED) is 0.845. The minimum absolute atomic E-state index is 0.0825. The van der Waals surface area contributed by atoms with E-state index in [1.54, 1.807) is 6.08 Å². The molecule has 0 radical (unpaired) electrons. The smallest absolute Gasteiger partial charge is 0.257 e. The van der Waals surface area contributed by atoms with Crippen LogP contribution in [-0.2, 0) is 0 Å². The van der Waals surface area contributed by atoms with Crippen molar-refractivity contribution in [3.05, 3.63) is 42.5 Å². The van der Waals surface area contributed by atoms with E-state index < -0.39 is 0 Å². The molecule has 3 rings (SSSR count). The number of hydrogen-bond acceptors (Lipinski definition) is 3. The largest absolute Gasteiger partial charge is 0.489 e. The standard InChI is InChI=1S/C16H20N2O2/c1-2-7-20-15-6-4-3-5-14(15)16(19)18-10-12-8-17-9-13(12)11-18/h2-6,12-13,17H,1,7-11H2/t12-,13+. The second-order valence-corrected chi connectivity index (χ2v) is 5.48. The topological polar surface area (TPSA) is 41.6 Å². The molecule has 2 saturated heterocycles. The van der Waals surface area contributed by atoms with Crippen molar-refractivity contribution in [2.24, 2.45) is 11.8 Å². The van der Waals surface area contributed by atoms with Crippen molar-refractivity contribution < 1.29 is 9.53 Å². The monoisotopic (exact) mass is 272 g/mol. The van der Waals surface area contributed by atoms with Crippen molar-refractivity contribution in [3.8, 4) is 5.75 Å². The maximum atomic E-state index is 12.7. The van der Waals surface area contributed by atoms with Gasteiger partial charge >= 0.3 is 0 Å². The first-order chi connectivity index (χ1) is 9.79. The van der Waals surface area contributed by atoms with Gasteiger partial charge in [0.15, 0.2) is 0 Å². The van der Waals surface area contributed by atoms with Gasteiger partial charge in [0, 0.05) is 26.2 Å². The zero-order chi connectivity index (χ0) is 13.9. The number of nitrogens with one attached hydrogen (secondary N) is 1.